The van der Waals surface area contributed by atoms with Gasteiger partial charge in [0, 0.05) is 19.3 Å². The number of allylic oxidation sites excluding steroid dienone is 1. The van der Waals surface area contributed by atoms with Gasteiger partial charge >= 0.3 is 5.97 Å². The third kappa shape index (κ3) is 3.36. The molecule has 1 aliphatic heterocycles. The Labute approximate surface area is 158 Å². The molecule has 1 spiro atoms. The van der Waals surface area contributed by atoms with E-state index in [1.807, 2.05) is 60.7 Å². The lowest BCUT2D eigenvalue weighted by molar-refractivity contribution is -0.187. The second-order valence-electron chi connectivity index (χ2n) is 6.90. The third-order valence-electron chi connectivity index (χ3n) is 5.18. The van der Waals surface area contributed by atoms with Crippen molar-refractivity contribution in [2.75, 3.05) is 7.11 Å². The standard InChI is InChI=1S/C22H22O5/c1-25-21(24)17-14-22(13-12-18(17)23)26-19(15-8-4-2-5-9-15)20(27-22)16-10-6-3-7-11-16/h2-11,19-20,23H,12-14H2,1H3/t19-,20-/m0/s1. The molecule has 0 bridgehead atoms. The molecule has 5 heteroatoms. The number of esters is 1. The zero-order valence-electron chi connectivity index (χ0n) is 15.1. The predicted molar refractivity (Wildman–Crippen MR) is 98.8 cm³/mol. The first-order valence-electron chi connectivity index (χ1n) is 9.07. The number of aliphatic hydroxyl groups excluding tert-OH is 1. The van der Waals surface area contributed by atoms with Crippen LogP contribution in [0.25, 0.3) is 0 Å². The molecule has 5 nitrogen and oxygen atoms in total. The Bertz CT molecular complexity index is 796. The van der Waals surface area contributed by atoms with Crippen molar-refractivity contribution < 1.29 is 24.1 Å². The van der Waals surface area contributed by atoms with Crippen LogP contribution in [-0.4, -0.2) is 24.0 Å². The minimum atomic E-state index is -0.962. The van der Waals surface area contributed by atoms with Crippen LogP contribution in [0, 0.1) is 0 Å². The van der Waals surface area contributed by atoms with Gasteiger partial charge in [-0.05, 0) is 11.1 Å². The summed E-state index contributed by atoms with van der Waals surface area (Å²) in [4.78, 5) is 12.1. The van der Waals surface area contributed by atoms with E-state index >= 15 is 0 Å². The van der Waals surface area contributed by atoms with Gasteiger partial charge in [-0.3, -0.25) is 0 Å². The van der Waals surface area contributed by atoms with Gasteiger partial charge in [0.1, 0.15) is 18.0 Å². The summed E-state index contributed by atoms with van der Waals surface area (Å²) < 4.78 is 17.7. The predicted octanol–water partition coefficient (Wildman–Crippen LogP) is 4.38. The molecule has 0 radical (unpaired) electrons. The van der Waals surface area contributed by atoms with Crippen LogP contribution >= 0.6 is 0 Å². The fourth-order valence-electron chi connectivity index (χ4n) is 3.82. The Morgan fingerprint density at radius 3 is 2.00 bits per heavy atom. The van der Waals surface area contributed by atoms with E-state index in [0.29, 0.717) is 12.8 Å². The smallest absolute Gasteiger partial charge is 0.337 e. The summed E-state index contributed by atoms with van der Waals surface area (Å²) in [6.45, 7) is 0. The number of ether oxygens (including phenoxy) is 3. The minimum absolute atomic E-state index is 0.0547. The molecule has 0 unspecified atom stereocenters. The maximum absolute atomic E-state index is 12.1. The number of carbonyl (C=O) groups is 1. The highest BCUT2D eigenvalue weighted by Crippen LogP contribution is 2.52. The fourth-order valence-corrected chi connectivity index (χ4v) is 3.82. The number of carbonyl (C=O) groups excluding carboxylic acids is 1. The Balaban J connectivity index is 1.70. The van der Waals surface area contributed by atoms with Crippen LogP contribution in [0.15, 0.2) is 72.0 Å². The molecule has 1 fully saturated rings. The lowest BCUT2D eigenvalue weighted by Crippen LogP contribution is -2.36. The normalized spacial score (nSPS) is 24.2. The second-order valence-corrected chi connectivity index (χ2v) is 6.90. The molecular weight excluding hydrogens is 344 g/mol. The van der Waals surface area contributed by atoms with Gasteiger partial charge in [-0.2, -0.15) is 0 Å². The van der Waals surface area contributed by atoms with Crippen LogP contribution in [0.4, 0.5) is 0 Å². The molecule has 2 atom stereocenters. The number of aliphatic hydroxyl groups is 1. The van der Waals surface area contributed by atoms with Crippen molar-refractivity contribution in [2.45, 2.75) is 37.3 Å². The van der Waals surface area contributed by atoms with Crippen molar-refractivity contribution in [2.24, 2.45) is 0 Å². The first-order chi connectivity index (χ1) is 13.1. The summed E-state index contributed by atoms with van der Waals surface area (Å²) in [6, 6.07) is 19.9. The molecule has 1 heterocycles. The maximum Gasteiger partial charge on any atom is 0.337 e. The van der Waals surface area contributed by atoms with Crippen molar-refractivity contribution in [3.05, 3.63) is 83.1 Å². The first kappa shape index (κ1) is 17.8. The Morgan fingerprint density at radius 2 is 1.52 bits per heavy atom. The Hall–Kier alpha value is -2.63. The van der Waals surface area contributed by atoms with Crippen LogP contribution in [0.5, 0.6) is 0 Å². The SMILES string of the molecule is COC(=O)C1=C(O)CCC2(C1)O[C@@H](c1ccccc1)[C@H](c1ccccc1)O2. The summed E-state index contributed by atoms with van der Waals surface area (Å²) >= 11 is 0. The van der Waals surface area contributed by atoms with Gasteiger partial charge in [0.15, 0.2) is 5.79 Å². The van der Waals surface area contributed by atoms with Gasteiger partial charge < -0.3 is 19.3 Å². The Kier molecular flexibility index (Phi) is 4.72. The fraction of sp³-hybridized carbons (Fsp3) is 0.318. The second kappa shape index (κ2) is 7.18. The molecule has 1 aliphatic carbocycles. The van der Waals surface area contributed by atoms with Crippen molar-refractivity contribution in [1.29, 1.82) is 0 Å². The van der Waals surface area contributed by atoms with Gasteiger partial charge in [-0.25, -0.2) is 4.79 Å². The minimum Gasteiger partial charge on any atom is -0.512 e. The van der Waals surface area contributed by atoms with E-state index in [9.17, 15) is 9.90 Å². The van der Waals surface area contributed by atoms with Crippen molar-refractivity contribution in [3.63, 3.8) is 0 Å². The van der Waals surface area contributed by atoms with Crippen molar-refractivity contribution >= 4 is 5.97 Å². The van der Waals surface area contributed by atoms with E-state index in [-0.39, 0.29) is 30.0 Å². The summed E-state index contributed by atoms with van der Waals surface area (Å²) in [5.41, 5.74) is 2.26. The number of benzene rings is 2. The Morgan fingerprint density at radius 1 is 1.00 bits per heavy atom. The van der Waals surface area contributed by atoms with Crippen molar-refractivity contribution in [1.82, 2.24) is 0 Å². The van der Waals surface area contributed by atoms with E-state index < -0.39 is 11.8 Å². The van der Waals surface area contributed by atoms with Crippen LogP contribution in [-0.2, 0) is 19.0 Å². The van der Waals surface area contributed by atoms with E-state index in [4.69, 9.17) is 14.2 Å². The number of hydrogen-bond donors (Lipinski definition) is 1. The van der Waals surface area contributed by atoms with Crippen LogP contribution in [0.2, 0.25) is 0 Å². The summed E-state index contributed by atoms with van der Waals surface area (Å²) in [5, 5.41) is 10.1. The van der Waals surface area contributed by atoms with Crippen LogP contribution in [0.1, 0.15) is 42.6 Å². The van der Waals surface area contributed by atoms with Gasteiger partial charge in [0.2, 0.25) is 0 Å². The molecule has 0 aromatic heterocycles. The first-order valence-corrected chi connectivity index (χ1v) is 9.07. The molecular formula is C22H22O5. The van der Waals surface area contributed by atoms with Gasteiger partial charge in [-0.1, -0.05) is 60.7 Å². The molecule has 0 amide bonds. The zero-order valence-corrected chi connectivity index (χ0v) is 15.1. The lowest BCUT2D eigenvalue weighted by atomic mass is 9.92. The highest BCUT2D eigenvalue weighted by atomic mass is 16.8. The highest BCUT2D eigenvalue weighted by Gasteiger charge is 2.51. The molecule has 1 N–H and O–H groups in total. The van der Waals surface area contributed by atoms with Crippen LogP contribution < -0.4 is 0 Å². The molecule has 2 aromatic rings. The van der Waals surface area contributed by atoms with Gasteiger partial charge in [-0.15, -0.1) is 0 Å². The number of methoxy groups -OCH3 is 1. The molecule has 1 saturated heterocycles. The molecule has 0 saturated carbocycles. The monoisotopic (exact) mass is 366 g/mol. The zero-order chi connectivity index (χ0) is 18.9. The number of rotatable bonds is 3. The maximum atomic E-state index is 12.1. The summed E-state index contributed by atoms with van der Waals surface area (Å²) in [7, 11) is 1.31. The average Bonchev–Trinajstić information content (AvgIpc) is 3.10. The quantitative estimate of drug-likeness (QED) is 0.817. The van der Waals surface area contributed by atoms with E-state index in [1.54, 1.807) is 0 Å². The van der Waals surface area contributed by atoms with Crippen molar-refractivity contribution in [3.8, 4) is 0 Å². The number of hydrogen-bond acceptors (Lipinski definition) is 5. The van der Waals surface area contributed by atoms with Gasteiger partial charge in [0.05, 0.1) is 12.7 Å². The summed E-state index contributed by atoms with van der Waals surface area (Å²) in [6.07, 6.45) is 0.359. The highest BCUT2D eigenvalue weighted by molar-refractivity contribution is 5.89. The molecule has 140 valence electrons. The topological polar surface area (TPSA) is 65.0 Å². The average molecular weight is 366 g/mol. The molecule has 2 aliphatic rings. The molecule has 27 heavy (non-hydrogen) atoms. The van der Waals surface area contributed by atoms with E-state index in [2.05, 4.69) is 0 Å². The molecule has 2 aromatic carbocycles. The third-order valence-corrected chi connectivity index (χ3v) is 5.18. The van der Waals surface area contributed by atoms with E-state index in [1.165, 1.54) is 7.11 Å². The van der Waals surface area contributed by atoms with Crippen LogP contribution in [0.3, 0.4) is 0 Å². The molecule has 4 rings (SSSR count). The van der Waals surface area contributed by atoms with E-state index in [0.717, 1.165) is 11.1 Å². The summed E-state index contributed by atoms with van der Waals surface area (Å²) in [5.74, 6) is -1.45. The van der Waals surface area contributed by atoms with Gasteiger partial charge in [0.25, 0.3) is 0 Å². The largest absolute Gasteiger partial charge is 0.512 e. The lowest BCUT2D eigenvalue weighted by Gasteiger charge is -2.32.